The minimum Gasteiger partial charge on any atom is -0.397 e. The first kappa shape index (κ1) is 11.6. The maximum Gasteiger partial charge on any atom is 0.0590 e. The van der Waals surface area contributed by atoms with Crippen molar-refractivity contribution in [2.75, 3.05) is 11.1 Å². The van der Waals surface area contributed by atoms with Gasteiger partial charge in [-0.1, -0.05) is 31.4 Å². The lowest BCUT2D eigenvalue weighted by atomic mass is 10.1. The summed E-state index contributed by atoms with van der Waals surface area (Å²) in [5.74, 6) is 0.929. The Balaban J connectivity index is 2.01. The van der Waals surface area contributed by atoms with Crippen LogP contribution in [0.3, 0.4) is 0 Å². The van der Waals surface area contributed by atoms with Gasteiger partial charge >= 0.3 is 0 Å². The molecule has 0 heterocycles. The average molecular weight is 239 g/mol. The summed E-state index contributed by atoms with van der Waals surface area (Å²) in [7, 11) is 0. The Morgan fingerprint density at radius 1 is 1.50 bits per heavy atom. The van der Waals surface area contributed by atoms with E-state index in [-0.39, 0.29) is 0 Å². The van der Waals surface area contributed by atoms with Gasteiger partial charge in [-0.15, -0.1) is 0 Å². The molecular weight excluding hydrogens is 220 g/mol. The van der Waals surface area contributed by atoms with Gasteiger partial charge in [-0.25, -0.2) is 0 Å². The Bertz CT molecular complexity index is 361. The van der Waals surface area contributed by atoms with Crippen LogP contribution in [0.15, 0.2) is 18.2 Å². The highest BCUT2D eigenvalue weighted by Crippen LogP contribution is 2.35. The highest BCUT2D eigenvalue weighted by Gasteiger charge is 2.24. The van der Waals surface area contributed by atoms with Gasteiger partial charge in [0.05, 0.1) is 11.4 Å². The first-order valence-electron chi connectivity index (χ1n) is 6.00. The lowest BCUT2D eigenvalue weighted by molar-refractivity contribution is 0.587. The van der Waals surface area contributed by atoms with E-state index in [1.54, 1.807) is 0 Å². The van der Waals surface area contributed by atoms with Crippen molar-refractivity contribution in [3.63, 3.8) is 0 Å². The van der Waals surface area contributed by atoms with Crippen LogP contribution < -0.4 is 11.1 Å². The topological polar surface area (TPSA) is 38.0 Å². The van der Waals surface area contributed by atoms with Crippen LogP contribution in [-0.2, 0) is 0 Å². The molecule has 2 rings (SSSR count). The summed E-state index contributed by atoms with van der Waals surface area (Å²) in [6, 6.07) is 6.11. The maximum atomic E-state index is 5.97. The van der Waals surface area contributed by atoms with Crippen LogP contribution in [0.1, 0.15) is 32.6 Å². The number of benzene rings is 1. The van der Waals surface area contributed by atoms with Crippen molar-refractivity contribution in [3.05, 3.63) is 23.2 Å². The number of anilines is 2. The molecule has 0 spiro atoms. The van der Waals surface area contributed by atoms with Crippen molar-refractivity contribution in [2.45, 2.75) is 38.6 Å². The Labute approximate surface area is 102 Å². The molecule has 0 radical (unpaired) electrons. The fourth-order valence-electron chi connectivity index (χ4n) is 1.96. The Morgan fingerprint density at radius 3 is 2.88 bits per heavy atom. The van der Waals surface area contributed by atoms with Crippen LogP contribution in [0.25, 0.3) is 0 Å². The molecule has 1 unspecified atom stereocenters. The van der Waals surface area contributed by atoms with Crippen LogP contribution in [0.2, 0.25) is 5.02 Å². The first-order valence-corrected chi connectivity index (χ1v) is 6.38. The van der Waals surface area contributed by atoms with Crippen molar-refractivity contribution in [1.82, 2.24) is 0 Å². The summed E-state index contributed by atoms with van der Waals surface area (Å²) in [6.45, 7) is 2.21. The molecule has 1 saturated carbocycles. The fourth-order valence-corrected chi connectivity index (χ4v) is 2.13. The molecule has 0 aliphatic heterocycles. The monoisotopic (exact) mass is 238 g/mol. The third kappa shape index (κ3) is 3.05. The number of nitrogens with one attached hydrogen (secondary N) is 1. The zero-order valence-corrected chi connectivity index (χ0v) is 10.4. The highest BCUT2D eigenvalue weighted by atomic mass is 35.5. The van der Waals surface area contributed by atoms with Gasteiger partial charge in [0.15, 0.2) is 0 Å². The van der Waals surface area contributed by atoms with Crippen LogP contribution in [0.5, 0.6) is 0 Å². The maximum absolute atomic E-state index is 5.97. The number of hydrogen-bond donors (Lipinski definition) is 2. The van der Waals surface area contributed by atoms with E-state index in [0.29, 0.717) is 6.04 Å². The molecular formula is C13H19ClN2. The SMILES string of the molecule is CCC(CC1CC1)Nc1cc(Cl)ccc1N. The zero-order valence-electron chi connectivity index (χ0n) is 9.67. The van der Waals surface area contributed by atoms with Crippen molar-refractivity contribution in [2.24, 2.45) is 5.92 Å². The van der Waals surface area contributed by atoms with Gasteiger partial charge < -0.3 is 11.1 Å². The number of hydrogen-bond acceptors (Lipinski definition) is 2. The quantitative estimate of drug-likeness (QED) is 0.764. The minimum atomic E-state index is 0.522. The number of halogens is 1. The molecule has 1 aliphatic carbocycles. The molecule has 3 heteroatoms. The third-order valence-corrected chi connectivity index (χ3v) is 3.42. The molecule has 1 aromatic rings. The van der Waals surface area contributed by atoms with Gasteiger partial charge in [-0.2, -0.15) is 0 Å². The molecule has 16 heavy (non-hydrogen) atoms. The van der Waals surface area contributed by atoms with E-state index in [1.807, 2.05) is 18.2 Å². The van der Waals surface area contributed by atoms with Gasteiger partial charge in [-0.05, 0) is 37.0 Å². The molecule has 3 N–H and O–H groups in total. The molecule has 0 aromatic heterocycles. The summed E-state index contributed by atoms with van der Waals surface area (Å²) in [4.78, 5) is 0. The molecule has 0 bridgehead atoms. The van der Waals surface area contributed by atoms with Crippen molar-refractivity contribution >= 4 is 23.0 Å². The minimum absolute atomic E-state index is 0.522. The normalized spacial score (nSPS) is 17.1. The highest BCUT2D eigenvalue weighted by molar-refractivity contribution is 6.31. The van der Waals surface area contributed by atoms with E-state index >= 15 is 0 Å². The Morgan fingerprint density at radius 2 is 2.25 bits per heavy atom. The fraction of sp³-hybridized carbons (Fsp3) is 0.538. The van der Waals surface area contributed by atoms with Crippen LogP contribution >= 0.6 is 11.6 Å². The van der Waals surface area contributed by atoms with E-state index in [2.05, 4.69) is 12.2 Å². The van der Waals surface area contributed by atoms with E-state index in [9.17, 15) is 0 Å². The van der Waals surface area contributed by atoms with Crippen LogP contribution in [0, 0.1) is 5.92 Å². The molecule has 0 saturated heterocycles. The van der Waals surface area contributed by atoms with Crippen LogP contribution in [0.4, 0.5) is 11.4 Å². The molecule has 1 atom stereocenters. The van der Waals surface area contributed by atoms with Gasteiger partial charge in [0, 0.05) is 11.1 Å². The molecule has 1 fully saturated rings. The molecule has 1 aliphatic rings. The van der Waals surface area contributed by atoms with Crippen molar-refractivity contribution in [1.29, 1.82) is 0 Å². The van der Waals surface area contributed by atoms with Gasteiger partial charge in [0.1, 0.15) is 0 Å². The predicted octanol–water partition coefficient (Wildman–Crippen LogP) is 3.91. The summed E-state index contributed by atoms with van der Waals surface area (Å²) in [5, 5.41) is 4.23. The van der Waals surface area contributed by atoms with E-state index in [1.165, 1.54) is 19.3 Å². The second-order valence-corrected chi connectivity index (χ2v) is 5.10. The van der Waals surface area contributed by atoms with Crippen molar-refractivity contribution in [3.8, 4) is 0 Å². The Kier molecular flexibility index (Phi) is 3.59. The van der Waals surface area contributed by atoms with E-state index in [4.69, 9.17) is 17.3 Å². The average Bonchev–Trinajstić information content (AvgIpc) is 3.06. The van der Waals surface area contributed by atoms with Gasteiger partial charge in [0.2, 0.25) is 0 Å². The van der Waals surface area contributed by atoms with Crippen molar-refractivity contribution < 1.29 is 0 Å². The van der Waals surface area contributed by atoms with E-state index < -0.39 is 0 Å². The molecule has 88 valence electrons. The summed E-state index contributed by atoms with van der Waals surface area (Å²) in [5.41, 5.74) is 7.67. The largest absolute Gasteiger partial charge is 0.397 e. The van der Waals surface area contributed by atoms with Crippen LogP contribution in [-0.4, -0.2) is 6.04 Å². The molecule has 0 amide bonds. The number of nitrogen functional groups attached to an aromatic ring is 1. The second-order valence-electron chi connectivity index (χ2n) is 4.66. The third-order valence-electron chi connectivity index (χ3n) is 3.18. The number of nitrogens with two attached hydrogens (primary N) is 1. The summed E-state index contributed by atoms with van der Waals surface area (Å²) >= 11 is 5.97. The predicted molar refractivity (Wildman–Crippen MR) is 70.9 cm³/mol. The standard InChI is InChI=1S/C13H19ClN2/c1-2-11(7-9-3-4-9)16-13-8-10(14)5-6-12(13)15/h5-6,8-9,11,16H,2-4,7,15H2,1H3. The zero-order chi connectivity index (χ0) is 11.5. The van der Waals surface area contributed by atoms with Gasteiger partial charge in [-0.3, -0.25) is 0 Å². The lowest BCUT2D eigenvalue weighted by Crippen LogP contribution is -2.19. The summed E-state index contributed by atoms with van der Waals surface area (Å²) < 4.78 is 0. The molecule has 1 aromatic carbocycles. The molecule has 2 nitrogen and oxygen atoms in total. The van der Waals surface area contributed by atoms with E-state index in [0.717, 1.165) is 28.7 Å². The smallest absolute Gasteiger partial charge is 0.0590 e. The summed E-state index contributed by atoms with van der Waals surface area (Å²) in [6.07, 6.45) is 5.16. The Hall–Kier alpha value is -0.890. The van der Waals surface area contributed by atoms with Gasteiger partial charge in [0.25, 0.3) is 0 Å². The lowest BCUT2D eigenvalue weighted by Gasteiger charge is -2.19. The number of rotatable bonds is 5. The first-order chi connectivity index (χ1) is 7.69. The second kappa shape index (κ2) is 4.96.